The van der Waals surface area contributed by atoms with Crippen LogP contribution >= 0.6 is 0 Å². The van der Waals surface area contributed by atoms with Crippen molar-refractivity contribution in [1.29, 1.82) is 0 Å². The fourth-order valence-electron chi connectivity index (χ4n) is 1.49. The summed E-state index contributed by atoms with van der Waals surface area (Å²) in [6.07, 6.45) is 1.38. The molecule has 0 saturated heterocycles. The van der Waals surface area contributed by atoms with E-state index in [1.54, 1.807) is 18.2 Å². The molecule has 90 valence electrons. The topological polar surface area (TPSA) is 93.3 Å². The van der Waals surface area contributed by atoms with Gasteiger partial charge in [0.15, 0.2) is 0 Å². The number of aromatic carboxylic acids is 1. The van der Waals surface area contributed by atoms with Gasteiger partial charge in [0.05, 0.1) is 4.92 Å². The molecule has 2 aromatic rings. The summed E-state index contributed by atoms with van der Waals surface area (Å²) in [5.74, 6) is -1.11. The van der Waals surface area contributed by atoms with E-state index < -0.39 is 10.9 Å². The summed E-state index contributed by atoms with van der Waals surface area (Å²) in [5, 5.41) is 19.4. The van der Waals surface area contributed by atoms with Crippen LogP contribution < -0.4 is 0 Å². The maximum Gasteiger partial charge on any atom is 0.354 e. The molecule has 0 fully saturated rings. The lowest BCUT2D eigenvalue weighted by Gasteiger charge is -2.01. The van der Waals surface area contributed by atoms with Crippen LogP contribution in [0.15, 0.2) is 42.6 Å². The smallest absolute Gasteiger partial charge is 0.354 e. The highest BCUT2D eigenvalue weighted by Crippen LogP contribution is 2.23. The minimum absolute atomic E-state index is 0.0187. The summed E-state index contributed by atoms with van der Waals surface area (Å²) in [7, 11) is 0. The lowest BCUT2D eigenvalue weighted by atomic mass is 10.1. The van der Waals surface area contributed by atoms with Gasteiger partial charge in [0.2, 0.25) is 0 Å². The Morgan fingerprint density at radius 1 is 1.22 bits per heavy atom. The SMILES string of the molecule is O=C(O)c1ccc(-c2cccc([N+](=O)[O-])c2)cn1. The Kier molecular flexibility index (Phi) is 3.01. The van der Waals surface area contributed by atoms with Crippen molar-refractivity contribution in [3.8, 4) is 11.1 Å². The zero-order chi connectivity index (χ0) is 13.1. The summed E-state index contributed by atoms with van der Waals surface area (Å²) in [6, 6.07) is 9.00. The van der Waals surface area contributed by atoms with Gasteiger partial charge in [-0.15, -0.1) is 0 Å². The molecule has 0 spiro atoms. The van der Waals surface area contributed by atoms with E-state index in [0.717, 1.165) is 0 Å². The second-order valence-electron chi connectivity index (χ2n) is 3.54. The Hall–Kier alpha value is -2.76. The number of rotatable bonds is 3. The lowest BCUT2D eigenvalue weighted by Crippen LogP contribution is -1.99. The summed E-state index contributed by atoms with van der Waals surface area (Å²) < 4.78 is 0. The number of non-ortho nitro benzene ring substituents is 1. The predicted molar refractivity (Wildman–Crippen MR) is 63.3 cm³/mol. The molecule has 1 N–H and O–H groups in total. The normalized spacial score (nSPS) is 10.0. The second kappa shape index (κ2) is 4.62. The van der Waals surface area contributed by atoms with Crippen LogP contribution in [0.5, 0.6) is 0 Å². The van der Waals surface area contributed by atoms with Gasteiger partial charge in [-0.05, 0) is 11.6 Å². The van der Waals surface area contributed by atoms with Gasteiger partial charge >= 0.3 is 5.97 Å². The van der Waals surface area contributed by atoms with Crippen LogP contribution in [-0.2, 0) is 0 Å². The van der Waals surface area contributed by atoms with E-state index in [1.165, 1.54) is 24.4 Å². The first kappa shape index (κ1) is 11.7. The molecule has 0 aliphatic carbocycles. The van der Waals surface area contributed by atoms with E-state index in [9.17, 15) is 14.9 Å². The maximum absolute atomic E-state index is 10.6. The van der Waals surface area contributed by atoms with Crippen LogP contribution in [0.25, 0.3) is 11.1 Å². The standard InChI is InChI=1S/C12H8N2O4/c15-12(16)11-5-4-9(7-13-11)8-2-1-3-10(6-8)14(17)18/h1-7H,(H,15,16). The van der Waals surface area contributed by atoms with Crippen LogP contribution in [0.2, 0.25) is 0 Å². The van der Waals surface area contributed by atoms with Gasteiger partial charge in [-0.3, -0.25) is 10.1 Å². The fraction of sp³-hybridized carbons (Fsp3) is 0. The Bertz CT molecular complexity index is 608. The first-order valence-corrected chi connectivity index (χ1v) is 5.02. The molecule has 0 aliphatic rings. The molecule has 6 heteroatoms. The van der Waals surface area contributed by atoms with E-state index in [4.69, 9.17) is 5.11 Å². The highest BCUT2D eigenvalue weighted by molar-refractivity contribution is 5.85. The summed E-state index contributed by atoms with van der Waals surface area (Å²) >= 11 is 0. The first-order valence-electron chi connectivity index (χ1n) is 5.02. The van der Waals surface area contributed by atoms with Crippen molar-refractivity contribution in [2.24, 2.45) is 0 Å². The number of carboxylic acid groups (broad SMARTS) is 1. The average Bonchev–Trinajstić information content (AvgIpc) is 2.39. The van der Waals surface area contributed by atoms with Crippen molar-refractivity contribution in [3.63, 3.8) is 0 Å². The van der Waals surface area contributed by atoms with E-state index in [0.29, 0.717) is 11.1 Å². The molecule has 1 aromatic carbocycles. The number of carbonyl (C=O) groups is 1. The molecule has 0 radical (unpaired) electrons. The molecular weight excluding hydrogens is 236 g/mol. The number of pyridine rings is 1. The van der Waals surface area contributed by atoms with Crippen LogP contribution in [0.3, 0.4) is 0 Å². The van der Waals surface area contributed by atoms with E-state index in [2.05, 4.69) is 4.98 Å². The number of nitro groups is 1. The van der Waals surface area contributed by atoms with Crippen molar-refractivity contribution in [2.45, 2.75) is 0 Å². The third-order valence-electron chi connectivity index (χ3n) is 2.37. The Morgan fingerprint density at radius 2 is 2.00 bits per heavy atom. The lowest BCUT2D eigenvalue weighted by molar-refractivity contribution is -0.384. The number of hydrogen-bond donors (Lipinski definition) is 1. The largest absolute Gasteiger partial charge is 0.477 e. The van der Waals surface area contributed by atoms with Crippen molar-refractivity contribution in [1.82, 2.24) is 4.98 Å². The average molecular weight is 244 g/mol. The Morgan fingerprint density at radius 3 is 2.56 bits per heavy atom. The molecule has 0 unspecified atom stereocenters. The number of benzene rings is 1. The summed E-state index contributed by atoms with van der Waals surface area (Å²) in [6.45, 7) is 0. The van der Waals surface area contributed by atoms with E-state index in [1.807, 2.05) is 0 Å². The number of carboxylic acids is 1. The molecule has 0 bridgehead atoms. The van der Waals surface area contributed by atoms with Gasteiger partial charge in [-0.25, -0.2) is 9.78 Å². The van der Waals surface area contributed by atoms with Gasteiger partial charge in [-0.1, -0.05) is 18.2 Å². The van der Waals surface area contributed by atoms with Crippen LogP contribution in [0, 0.1) is 10.1 Å². The predicted octanol–water partition coefficient (Wildman–Crippen LogP) is 2.36. The van der Waals surface area contributed by atoms with Crippen LogP contribution in [-0.4, -0.2) is 21.0 Å². The van der Waals surface area contributed by atoms with E-state index in [-0.39, 0.29) is 11.4 Å². The minimum Gasteiger partial charge on any atom is -0.477 e. The molecule has 0 saturated carbocycles. The zero-order valence-corrected chi connectivity index (χ0v) is 9.11. The minimum atomic E-state index is -1.11. The maximum atomic E-state index is 10.6. The third kappa shape index (κ3) is 2.32. The van der Waals surface area contributed by atoms with Crippen molar-refractivity contribution in [2.75, 3.05) is 0 Å². The van der Waals surface area contributed by atoms with Gasteiger partial charge < -0.3 is 5.11 Å². The summed E-state index contributed by atoms with van der Waals surface area (Å²) in [5.41, 5.74) is 1.16. The van der Waals surface area contributed by atoms with E-state index >= 15 is 0 Å². The Labute approximate surface area is 102 Å². The van der Waals surface area contributed by atoms with Crippen LogP contribution in [0.1, 0.15) is 10.5 Å². The Balaban J connectivity index is 2.39. The molecular formula is C12H8N2O4. The second-order valence-corrected chi connectivity index (χ2v) is 3.54. The zero-order valence-electron chi connectivity index (χ0n) is 9.11. The molecule has 1 aromatic heterocycles. The monoisotopic (exact) mass is 244 g/mol. The number of aromatic nitrogens is 1. The molecule has 0 aliphatic heterocycles. The highest BCUT2D eigenvalue weighted by Gasteiger charge is 2.08. The van der Waals surface area contributed by atoms with Gasteiger partial charge in [0.25, 0.3) is 5.69 Å². The van der Waals surface area contributed by atoms with Crippen LogP contribution in [0.4, 0.5) is 5.69 Å². The summed E-state index contributed by atoms with van der Waals surface area (Å²) in [4.78, 5) is 24.6. The molecule has 2 rings (SSSR count). The molecule has 18 heavy (non-hydrogen) atoms. The molecule has 0 amide bonds. The molecule has 6 nitrogen and oxygen atoms in total. The van der Waals surface area contributed by atoms with Gasteiger partial charge in [0, 0.05) is 23.9 Å². The van der Waals surface area contributed by atoms with Gasteiger partial charge in [0.1, 0.15) is 5.69 Å². The highest BCUT2D eigenvalue weighted by atomic mass is 16.6. The third-order valence-corrected chi connectivity index (χ3v) is 2.37. The number of nitro benzene ring substituents is 1. The molecule has 0 atom stereocenters. The fourth-order valence-corrected chi connectivity index (χ4v) is 1.49. The van der Waals surface area contributed by atoms with Crippen molar-refractivity contribution < 1.29 is 14.8 Å². The molecule has 1 heterocycles. The quantitative estimate of drug-likeness (QED) is 0.660. The first-order chi connectivity index (χ1) is 8.58. The number of nitrogens with zero attached hydrogens (tertiary/aromatic N) is 2. The van der Waals surface area contributed by atoms with Crippen molar-refractivity contribution >= 4 is 11.7 Å². The number of hydrogen-bond acceptors (Lipinski definition) is 4. The van der Waals surface area contributed by atoms with Crippen molar-refractivity contribution in [3.05, 3.63) is 58.4 Å². The van der Waals surface area contributed by atoms with Gasteiger partial charge in [-0.2, -0.15) is 0 Å².